The average molecular weight is 531 g/mol. The third-order valence-corrected chi connectivity index (χ3v) is 7.10. The molecule has 2 fully saturated rings. The molecule has 0 amide bonds. The highest BCUT2D eigenvalue weighted by Gasteiger charge is 2.60. The Bertz CT molecular complexity index is 1280. The maximum absolute atomic E-state index is 14.8. The van der Waals surface area contributed by atoms with Crippen LogP contribution >= 0.6 is 7.75 Å². The summed E-state index contributed by atoms with van der Waals surface area (Å²) in [7, 11) is -4.42. The fourth-order valence-electron chi connectivity index (χ4n) is 3.85. The number of aliphatic hydroxyl groups excluding tert-OH is 1. The summed E-state index contributed by atoms with van der Waals surface area (Å²) in [4.78, 5) is 37.3. The minimum atomic E-state index is -4.42. The van der Waals surface area contributed by atoms with Crippen LogP contribution in [0.15, 0.2) is 52.2 Å². The van der Waals surface area contributed by atoms with Gasteiger partial charge in [-0.2, -0.15) is 13.9 Å². The number of cyclic esters (lactones) is 1. The van der Waals surface area contributed by atoms with Crippen LogP contribution in [0.25, 0.3) is 0 Å². The molecule has 36 heavy (non-hydrogen) atoms. The summed E-state index contributed by atoms with van der Waals surface area (Å²) >= 11 is 0. The molecular formula is C21H24F2N3O9P. The number of halogens is 2. The monoisotopic (exact) mass is 531 g/mol. The van der Waals surface area contributed by atoms with Crippen molar-refractivity contribution in [2.45, 2.75) is 56.3 Å². The number of esters is 1. The molecule has 2 unspecified atom stereocenters. The first kappa shape index (κ1) is 26.2. The summed E-state index contributed by atoms with van der Waals surface area (Å²) in [6.45, 7) is 2.44. The average Bonchev–Trinajstić information content (AvgIpc) is 3.17. The summed E-state index contributed by atoms with van der Waals surface area (Å²) in [5, 5.41) is 12.7. The molecule has 3 N–H and O–H groups in total. The van der Waals surface area contributed by atoms with Gasteiger partial charge >= 0.3 is 25.3 Å². The maximum atomic E-state index is 14.8. The third kappa shape index (κ3) is 5.42. The molecule has 1 aromatic carbocycles. The number of nitrogens with one attached hydrogen (secondary N) is 2. The predicted octanol–water partition coefficient (Wildman–Crippen LogP) is 1.32. The lowest BCUT2D eigenvalue weighted by Crippen LogP contribution is -2.43. The Morgan fingerprint density at radius 1 is 1.22 bits per heavy atom. The molecule has 3 heterocycles. The molecule has 0 saturated carbocycles. The summed E-state index contributed by atoms with van der Waals surface area (Å²) in [5.74, 6) is -4.59. The number of nitrogens with zero attached hydrogens (tertiary/aromatic N) is 1. The van der Waals surface area contributed by atoms with Gasteiger partial charge in [-0.3, -0.25) is 23.7 Å². The van der Waals surface area contributed by atoms with E-state index in [9.17, 15) is 32.8 Å². The van der Waals surface area contributed by atoms with Crippen molar-refractivity contribution < 1.29 is 41.8 Å². The zero-order valence-electron chi connectivity index (χ0n) is 19.1. The highest BCUT2D eigenvalue weighted by atomic mass is 31.2. The fourth-order valence-corrected chi connectivity index (χ4v) is 5.35. The second kappa shape index (κ2) is 9.52. The lowest BCUT2D eigenvalue weighted by Gasteiger charge is -2.24. The van der Waals surface area contributed by atoms with Gasteiger partial charge in [0.1, 0.15) is 23.5 Å². The van der Waals surface area contributed by atoms with Crippen LogP contribution in [0.5, 0.6) is 5.75 Å². The van der Waals surface area contributed by atoms with Crippen LogP contribution in [0, 0.1) is 0 Å². The highest BCUT2D eigenvalue weighted by Crippen LogP contribution is 2.49. The maximum Gasteiger partial charge on any atom is 0.459 e. The number of ether oxygens (including phenoxy) is 2. The van der Waals surface area contributed by atoms with Gasteiger partial charge in [0.2, 0.25) is 6.23 Å². The molecule has 196 valence electrons. The number of carbonyl (C=O) groups is 1. The van der Waals surface area contributed by atoms with Crippen molar-refractivity contribution in [1.82, 2.24) is 14.6 Å². The van der Waals surface area contributed by atoms with E-state index in [1.165, 1.54) is 12.1 Å². The van der Waals surface area contributed by atoms with Crippen molar-refractivity contribution >= 4 is 13.7 Å². The minimum absolute atomic E-state index is 0.0924. The Balaban J connectivity index is 1.54. The first-order chi connectivity index (χ1) is 16.8. The SMILES string of the molecule is CC1(C)CC(NP(=O)(OC[C@H]2O[C@@H](n3ccc(=O)[nH]c3=O)C(F)(F)[C@@H]2O)Oc2ccccc2)C(=O)O1. The molecule has 5 atom stereocenters. The summed E-state index contributed by atoms with van der Waals surface area (Å²) in [6.07, 6.45) is -5.59. The van der Waals surface area contributed by atoms with Crippen molar-refractivity contribution in [3.63, 3.8) is 0 Å². The van der Waals surface area contributed by atoms with E-state index in [1.54, 1.807) is 32.0 Å². The van der Waals surface area contributed by atoms with Crippen LogP contribution in [-0.4, -0.2) is 57.0 Å². The van der Waals surface area contributed by atoms with E-state index < -0.39 is 67.6 Å². The second-order valence-electron chi connectivity index (χ2n) is 8.93. The molecule has 15 heteroatoms. The molecule has 0 aliphatic carbocycles. The third-order valence-electron chi connectivity index (χ3n) is 5.53. The van der Waals surface area contributed by atoms with E-state index in [1.807, 2.05) is 4.98 Å². The minimum Gasteiger partial charge on any atom is -0.458 e. The van der Waals surface area contributed by atoms with E-state index in [0.29, 0.717) is 4.57 Å². The highest BCUT2D eigenvalue weighted by molar-refractivity contribution is 7.52. The fraction of sp³-hybridized carbons (Fsp3) is 0.476. The molecule has 2 aromatic rings. The summed E-state index contributed by atoms with van der Waals surface area (Å²) in [5.41, 5.74) is -2.84. The van der Waals surface area contributed by atoms with Crippen molar-refractivity contribution in [2.24, 2.45) is 0 Å². The van der Waals surface area contributed by atoms with Crippen LogP contribution in [0.4, 0.5) is 8.78 Å². The quantitative estimate of drug-likeness (QED) is 0.335. The van der Waals surface area contributed by atoms with Gasteiger partial charge < -0.3 is 19.1 Å². The standard InChI is InChI=1S/C21H24F2N3O9P/c1-20(2)10-13(17(29)34-20)25-36(31,35-12-6-4-3-5-7-12)32-11-14-16(28)21(22,23)18(33-14)26-9-8-15(27)24-19(26)30/h3-9,13-14,16,18,28H,10-11H2,1-2H3,(H,25,31)(H,24,27,30)/t13?,14-,16-,18-,36?/m1/s1. The Hall–Kier alpha value is -2.90. The second-order valence-corrected chi connectivity index (χ2v) is 10.6. The number of carbonyl (C=O) groups excluding carboxylic acids is 1. The van der Waals surface area contributed by atoms with Gasteiger partial charge in [0.25, 0.3) is 5.56 Å². The number of aromatic nitrogens is 2. The summed E-state index contributed by atoms with van der Waals surface area (Å²) in [6, 6.07) is 7.52. The Kier molecular flexibility index (Phi) is 6.92. The zero-order chi connectivity index (χ0) is 26.3. The number of hydrogen-bond donors (Lipinski definition) is 3. The van der Waals surface area contributed by atoms with Crippen molar-refractivity contribution in [3.8, 4) is 5.75 Å². The van der Waals surface area contributed by atoms with E-state index in [4.69, 9.17) is 18.5 Å². The number of aliphatic hydroxyl groups is 1. The summed E-state index contributed by atoms with van der Waals surface area (Å²) < 4.78 is 64.8. The van der Waals surface area contributed by atoms with Crippen LogP contribution in [-0.2, 0) is 23.4 Å². The topological polar surface area (TPSA) is 158 Å². The molecule has 1 aromatic heterocycles. The molecule has 12 nitrogen and oxygen atoms in total. The molecule has 0 bridgehead atoms. The molecule has 0 radical (unpaired) electrons. The first-order valence-electron chi connectivity index (χ1n) is 10.8. The zero-order valence-corrected chi connectivity index (χ0v) is 20.0. The van der Waals surface area contributed by atoms with Crippen LogP contribution in [0.3, 0.4) is 0 Å². The Labute approximate surface area is 202 Å². The van der Waals surface area contributed by atoms with Crippen LogP contribution < -0.4 is 20.9 Å². The Morgan fingerprint density at radius 2 is 1.92 bits per heavy atom. The van der Waals surface area contributed by atoms with E-state index >= 15 is 0 Å². The van der Waals surface area contributed by atoms with Crippen molar-refractivity contribution in [2.75, 3.05) is 6.61 Å². The van der Waals surface area contributed by atoms with Gasteiger partial charge in [0, 0.05) is 18.7 Å². The van der Waals surface area contributed by atoms with Gasteiger partial charge in [0.05, 0.1) is 6.61 Å². The van der Waals surface area contributed by atoms with Gasteiger partial charge in [-0.25, -0.2) is 9.36 Å². The number of alkyl halides is 2. The van der Waals surface area contributed by atoms with Crippen LogP contribution in [0.1, 0.15) is 26.5 Å². The van der Waals surface area contributed by atoms with E-state index in [2.05, 4.69) is 5.09 Å². The van der Waals surface area contributed by atoms with Crippen molar-refractivity contribution in [1.29, 1.82) is 0 Å². The van der Waals surface area contributed by atoms with Gasteiger partial charge in [0.15, 0.2) is 6.10 Å². The van der Waals surface area contributed by atoms with Gasteiger partial charge in [-0.1, -0.05) is 18.2 Å². The largest absolute Gasteiger partial charge is 0.459 e. The van der Waals surface area contributed by atoms with E-state index in [0.717, 1.165) is 12.3 Å². The number of benzene rings is 1. The normalized spacial score (nSPS) is 28.4. The number of rotatable bonds is 8. The number of para-hydroxylation sites is 1. The molecular weight excluding hydrogens is 507 g/mol. The van der Waals surface area contributed by atoms with E-state index in [-0.39, 0.29) is 12.2 Å². The number of aromatic amines is 1. The van der Waals surface area contributed by atoms with Gasteiger partial charge in [-0.05, 0) is 26.0 Å². The van der Waals surface area contributed by atoms with Crippen molar-refractivity contribution in [3.05, 3.63) is 63.4 Å². The van der Waals surface area contributed by atoms with Crippen LogP contribution in [0.2, 0.25) is 0 Å². The molecule has 2 aliphatic heterocycles. The van der Waals surface area contributed by atoms with Gasteiger partial charge in [-0.15, -0.1) is 0 Å². The molecule has 4 rings (SSSR count). The smallest absolute Gasteiger partial charge is 0.458 e. The lowest BCUT2D eigenvalue weighted by atomic mass is 10.0. The number of hydrogen-bond acceptors (Lipinski definition) is 9. The molecule has 2 saturated heterocycles. The first-order valence-corrected chi connectivity index (χ1v) is 12.4. The molecule has 0 spiro atoms. The lowest BCUT2D eigenvalue weighted by molar-refractivity contribution is -0.147. The Morgan fingerprint density at radius 3 is 2.53 bits per heavy atom. The molecule has 2 aliphatic rings. The predicted molar refractivity (Wildman–Crippen MR) is 119 cm³/mol. The number of H-pyrrole nitrogens is 1.